The largest absolute Gasteiger partial charge is 0.497 e. The van der Waals surface area contributed by atoms with Crippen LogP contribution in [0.2, 0.25) is 0 Å². The van der Waals surface area contributed by atoms with Crippen LogP contribution < -0.4 is 0 Å². The fourth-order valence-electron chi connectivity index (χ4n) is 1.06. The predicted molar refractivity (Wildman–Crippen MR) is 47.9 cm³/mol. The summed E-state index contributed by atoms with van der Waals surface area (Å²) < 4.78 is 82.5. The Hall–Kier alpha value is -1.25. The second kappa shape index (κ2) is 4.55. The Labute approximate surface area is 93.2 Å². The second-order valence-electron chi connectivity index (χ2n) is 3.05. The lowest BCUT2D eigenvalue weighted by Crippen LogP contribution is -2.25. The lowest BCUT2D eigenvalue weighted by atomic mass is 10.2. The highest BCUT2D eigenvalue weighted by molar-refractivity contribution is 7.91. The van der Waals surface area contributed by atoms with E-state index in [9.17, 15) is 30.4 Å². The molecule has 0 aromatic carbocycles. The van der Waals surface area contributed by atoms with Gasteiger partial charge < -0.3 is 0 Å². The van der Waals surface area contributed by atoms with Crippen LogP contribution >= 0.6 is 0 Å². The van der Waals surface area contributed by atoms with Gasteiger partial charge in [0.1, 0.15) is 5.69 Å². The summed E-state index contributed by atoms with van der Waals surface area (Å²) in [6, 6.07) is 1.96. The molecule has 0 N–H and O–H groups in total. The topological polar surface area (TPSA) is 47.0 Å². The van der Waals surface area contributed by atoms with Crippen molar-refractivity contribution in [2.75, 3.05) is 0 Å². The van der Waals surface area contributed by atoms with E-state index in [1.807, 2.05) is 0 Å². The minimum atomic E-state index is -5.48. The Bertz CT molecular complexity index is 497. The molecule has 0 spiro atoms. The Morgan fingerprint density at radius 1 is 1.29 bits per heavy atom. The van der Waals surface area contributed by atoms with Crippen molar-refractivity contribution in [3.8, 4) is 0 Å². The smallest absolute Gasteiger partial charge is 0.255 e. The SMILES string of the molecule is O=S(=O)(Cc1cccnc1C(F)F)C(F)(F)F. The van der Waals surface area contributed by atoms with Crippen molar-refractivity contribution in [2.24, 2.45) is 0 Å². The van der Waals surface area contributed by atoms with Crippen LogP contribution in [-0.4, -0.2) is 18.9 Å². The Kier molecular flexibility index (Phi) is 3.70. The average molecular weight is 275 g/mol. The molecule has 1 heterocycles. The monoisotopic (exact) mass is 275 g/mol. The molecule has 0 fully saturated rings. The van der Waals surface area contributed by atoms with Gasteiger partial charge >= 0.3 is 5.51 Å². The second-order valence-corrected chi connectivity index (χ2v) is 5.03. The van der Waals surface area contributed by atoms with Crippen LogP contribution in [-0.2, 0) is 15.6 Å². The zero-order valence-electron chi connectivity index (χ0n) is 8.08. The lowest BCUT2D eigenvalue weighted by molar-refractivity contribution is -0.0437. The van der Waals surface area contributed by atoms with Gasteiger partial charge in [-0.25, -0.2) is 17.2 Å². The Balaban J connectivity index is 3.13. The standard InChI is InChI=1S/C8H6F5NO2S/c9-7(10)6-5(2-1-3-14-6)4-17(15,16)8(11,12)13/h1-3,7H,4H2. The highest BCUT2D eigenvalue weighted by Crippen LogP contribution is 2.29. The van der Waals surface area contributed by atoms with E-state index in [2.05, 4.69) is 4.98 Å². The number of sulfone groups is 1. The molecular formula is C8H6F5NO2S. The summed E-state index contributed by atoms with van der Waals surface area (Å²) in [5, 5.41) is 0. The average Bonchev–Trinajstić information content (AvgIpc) is 2.15. The quantitative estimate of drug-likeness (QED) is 0.796. The summed E-state index contributed by atoms with van der Waals surface area (Å²) in [7, 11) is -5.48. The first-order valence-corrected chi connectivity index (χ1v) is 5.81. The van der Waals surface area contributed by atoms with Crippen molar-refractivity contribution < 1.29 is 30.4 Å². The fraction of sp³-hybridized carbons (Fsp3) is 0.375. The van der Waals surface area contributed by atoms with E-state index < -0.39 is 38.8 Å². The third-order valence-corrected chi connectivity index (χ3v) is 3.23. The first kappa shape index (κ1) is 13.8. The van der Waals surface area contributed by atoms with Gasteiger partial charge in [-0.2, -0.15) is 13.2 Å². The number of nitrogens with zero attached hydrogens (tertiary/aromatic N) is 1. The van der Waals surface area contributed by atoms with Crippen LogP contribution in [0.15, 0.2) is 18.3 Å². The molecule has 1 aromatic heterocycles. The lowest BCUT2D eigenvalue weighted by Gasteiger charge is -2.10. The van der Waals surface area contributed by atoms with E-state index in [4.69, 9.17) is 0 Å². The Morgan fingerprint density at radius 2 is 1.88 bits per heavy atom. The molecule has 0 saturated heterocycles. The van der Waals surface area contributed by atoms with Crippen LogP contribution in [0.3, 0.4) is 0 Å². The van der Waals surface area contributed by atoms with Crippen molar-refractivity contribution in [2.45, 2.75) is 17.7 Å². The van der Waals surface area contributed by atoms with Gasteiger partial charge in [0.2, 0.25) is 0 Å². The molecule has 9 heteroatoms. The van der Waals surface area contributed by atoms with Gasteiger partial charge in [0.15, 0.2) is 0 Å². The van der Waals surface area contributed by atoms with E-state index in [0.717, 1.165) is 18.3 Å². The first-order chi connectivity index (χ1) is 7.65. The van der Waals surface area contributed by atoms with Crippen molar-refractivity contribution in [1.29, 1.82) is 0 Å². The zero-order chi connectivity index (χ0) is 13.3. The van der Waals surface area contributed by atoms with Crippen LogP contribution in [0.25, 0.3) is 0 Å². The van der Waals surface area contributed by atoms with E-state index in [1.54, 1.807) is 0 Å². The maximum atomic E-state index is 12.4. The minimum absolute atomic E-state index is 0.653. The van der Waals surface area contributed by atoms with Crippen molar-refractivity contribution >= 4 is 9.84 Å². The molecule has 0 aliphatic carbocycles. The summed E-state index contributed by atoms with van der Waals surface area (Å²) in [6.07, 6.45) is -2.18. The Morgan fingerprint density at radius 3 is 2.35 bits per heavy atom. The fourth-order valence-corrected chi connectivity index (χ4v) is 1.87. The molecule has 1 aromatic rings. The number of aromatic nitrogens is 1. The van der Waals surface area contributed by atoms with E-state index in [-0.39, 0.29) is 0 Å². The van der Waals surface area contributed by atoms with Gasteiger partial charge in [-0.1, -0.05) is 6.07 Å². The summed E-state index contributed by atoms with van der Waals surface area (Å²) in [5.74, 6) is -1.54. The molecule has 96 valence electrons. The molecule has 0 bridgehead atoms. The van der Waals surface area contributed by atoms with Gasteiger partial charge in [-0.05, 0) is 11.6 Å². The molecule has 0 unspecified atom stereocenters. The third kappa shape index (κ3) is 3.11. The number of rotatable bonds is 3. The summed E-state index contributed by atoms with van der Waals surface area (Å²) in [5.41, 5.74) is -7.08. The molecule has 0 radical (unpaired) electrons. The molecule has 1 rings (SSSR count). The highest BCUT2D eigenvalue weighted by Gasteiger charge is 2.45. The van der Waals surface area contributed by atoms with Gasteiger partial charge in [-0.15, -0.1) is 0 Å². The molecule has 0 saturated carbocycles. The van der Waals surface area contributed by atoms with Gasteiger partial charge in [0.05, 0.1) is 5.75 Å². The molecule has 0 atom stereocenters. The van der Waals surface area contributed by atoms with Crippen LogP contribution in [0.1, 0.15) is 17.7 Å². The normalized spacial score (nSPS) is 13.1. The maximum Gasteiger partial charge on any atom is 0.497 e. The van der Waals surface area contributed by atoms with Gasteiger partial charge in [0.25, 0.3) is 16.3 Å². The molecule has 17 heavy (non-hydrogen) atoms. The summed E-state index contributed by atoms with van der Waals surface area (Å²) >= 11 is 0. The number of alkyl halides is 5. The van der Waals surface area contributed by atoms with E-state index >= 15 is 0 Å². The number of pyridine rings is 1. The minimum Gasteiger partial charge on any atom is -0.255 e. The van der Waals surface area contributed by atoms with Gasteiger partial charge in [-0.3, -0.25) is 4.98 Å². The van der Waals surface area contributed by atoms with Crippen LogP contribution in [0, 0.1) is 0 Å². The van der Waals surface area contributed by atoms with E-state index in [0.29, 0.717) is 0 Å². The van der Waals surface area contributed by atoms with Crippen LogP contribution in [0.4, 0.5) is 22.0 Å². The van der Waals surface area contributed by atoms with E-state index in [1.165, 1.54) is 0 Å². The molecule has 0 aliphatic rings. The summed E-state index contributed by atoms with van der Waals surface area (Å²) in [6.45, 7) is 0. The molecule has 0 amide bonds. The number of hydrogen-bond acceptors (Lipinski definition) is 3. The summed E-state index contributed by atoms with van der Waals surface area (Å²) in [4.78, 5) is 3.16. The predicted octanol–water partition coefficient (Wildman–Crippen LogP) is 2.45. The van der Waals surface area contributed by atoms with Crippen molar-refractivity contribution in [3.63, 3.8) is 0 Å². The number of halogens is 5. The van der Waals surface area contributed by atoms with Crippen molar-refractivity contribution in [1.82, 2.24) is 4.98 Å². The highest BCUT2D eigenvalue weighted by atomic mass is 32.2. The van der Waals surface area contributed by atoms with Crippen molar-refractivity contribution in [3.05, 3.63) is 29.6 Å². The number of hydrogen-bond donors (Lipinski definition) is 0. The first-order valence-electron chi connectivity index (χ1n) is 4.16. The molecule has 0 aliphatic heterocycles. The third-order valence-electron chi connectivity index (χ3n) is 1.83. The van der Waals surface area contributed by atoms with Gasteiger partial charge in [0, 0.05) is 6.20 Å². The maximum absolute atomic E-state index is 12.4. The molecule has 3 nitrogen and oxygen atoms in total. The van der Waals surface area contributed by atoms with Crippen LogP contribution in [0.5, 0.6) is 0 Å². The zero-order valence-corrected chi connectivity index (χ0v) is 8.89. The molecular weight excluding hydrogens is 269 g/mol.